The van der Waals surface area contributed by atoms with E-state index in [0.717, 1.165) is 0 Å². The van der Waals surface area contributed by atoms with Crippen LogP contribution in [0, 0.1) is 6.92 Å². The maximum atomic E-state index is 12.7. The van der Waals surface area contributed by atoms with Gasteiger partial charge in [0.05, 0.1) is 5.02 Å². The Morgan fingerprint density at radius 1 is 1.04 bits per heavy atom. The molecule has 1 N–H and O–H groups in total. The zero-order valence-corrected chi connectivity index (χ0v) is 14.3. The Balaban J connectivity index is 2.03. The van der Waals surface area contributed by atoms with E-state index in [-0.39, 0.29) is 15.8 Å². The number of hydrogen-bond acceptors (Lipinski definition) is 5. The number of aryl methyl sites for hydroxylation is 1. The number of nitrogens with one attached hydrogen (secondary N) is 1. The first kappa shape index (κ1) is 16.6. The maximum Gasteiger partial charge on any atom is 0.243 e. The summed E-state index contributed by atoms with van der Waals surface area (Å²) in [4.78, 5) is -0.0103. The van der Waals surface area contributed by atoms with Crippen LogP contribution < -0.4 is 4.72 Å². The van der Waals surface area contributed by atoms with Crippen molar-refractivity contribution >= 4 is 21.6 Å². The van der Waals surface area contributed by atoms with E-state index >= 15 is 0 Å². The van der Waals surface area contributed by atoms with E-state index in [1.807, 2.05) is 6.07 Å². The largest absolute Gasteiger partial charge is 0.423 e. The molecule has 0 radical (unpaired) electrons. The van der Waals surface area contributed by atoms with Crippen LogP contribution in [0.2, 0.25) is 5.02 Å². The quantitative estimate of drug-likeness (QED) is 0.752. The lowest BCUT2D eigenvalue weighted by atomic mass is 10.1. The molecule has 124 valence electrons. The smallest absolute Gasteiger partial charge is 0.243 e. The number of benzene rings is 2. The Kier molecular flexibility index (Phi) is 4.66. The van der Waals surface area contributed by atoms with Crippen LogP contribution in [0.15, 0.2) is 63.9 Å². The van der Waals surface area contributed by atoms with Gasteiger partial charge in [0.1, 0.15) is 10.9 Å². The molecule has 3 aromatic rings. The topological polar surface area (TPSA) is 85.1 Å². The van der Waals surface area contributed by atoms with Crippen molar-refractivity contribution in [2.45, 2.75) is 17.9 Å². The molecule has 0 saturated heterocycles. The Morgan fingerprint density at radius 2 is 1.71 bits per heavy atom. The molecule has 0 bridgehead atoms. The fourth-order valence-electron chi connectivity index (χ4n) is 2.22. The number of nitrogens with zero attached hydrogens (tertiary/aromatic N) is 2. The van der Waals surface area contributed by atoms with Crippen LogP contribution in [0.3, 0.4) is 0 Å². The summed E-state index contributed by atoms with van der Waals surface area (Å²) in [5.41, 5.74) is 0.678. The van der Waals surface area contributed by atoms with Gasteiger partial charge in [-0.05, 0) is 17.7 Å². The van der Waals surface area contributed by atoms with Crippen molar-refractivity contribution in [2.75, 3.05) is 0 Å². The molecule has 0 spiro atoms. The highest BCUT2D eigenvalue weighted by molar-refractivity contribution is 7.89. The van der Waals surface area contributed by atoms with Gasteiger partial charge in [0.2, 0.25) is 21.8 Å². The summed E-state index contributed by atoms with van der Waals surface area (Å²) in [5, 5.41) is 7.86. The summed E-state index contributed by atoms with van der Waals surface area (Å²) < 4.78 is 33.5. The van der Waals surface area contributed by atoms with E-state index < -0.39 is 16.1 Å². The van der Waals surface area contributed by atoms with Crippen LogP contribution in [0.25, 0.3) is 0 Å². The molecule has 1 unspecified atom stereocenters. The van der Waals surface area contributed by atoms with Crippen molar-refractivity contribution in [3.8, 4) is 0 Å². The summed E-state index contributed by atoms with van der Waals surface area (Å²) in [5.74, 6) is 0.511. The predicted octanol–water partition coefficient (Wildman–Crippen LogP) is 3.10. The maximum absolute atomic E-state index is 12.7. The van der Waals surface area contributed by atoms with Gasteiger partial charge in [-0.25, -0.2) is 8.42 Å². The third-order valence-electron chi connectivity index (χ3n) is 3.32. The van der Waals surface area contributed by atoms with Crippen LogP contribution in [0.4, 0.5) is 0 Å². The molecule has 0 aliphatic carbocycles. The normalized spacial score (nSPS) is 12.9. The zero-order valence-electron chi connectivity index (χ0n) is 12.7. The van der Waals surface area contributed by atoms with E-state index in [0.29, 0.717) is 11.5 Å². The van der Waals surface area contributed by atoms with Crippen molar-refractivity contribution in [1.82, 2.24) is 14.9 Å². The fourth-order valence-corrected chi connectivity index (χ4v) is 3.91. The van der Waals surface area contributed by atoms with Gasteiger partial charge in [0.25, 0.3) is 0 Å². The number of aromatic nitrogens is 2. The van der Waals surface area contributed by atoms with Gasteiger partial charge in [-0.2, -0.15) is 4.72 Å². The molecule has 0 saturated carbocycles. The first-order chi connectivity index (χ1) is 11.5. The minimum atomic E-state index is -3.89. The average molecular weight is 364 g/mol. The third-order valence-corrected chi connectivity index (χ3v) is 5.24. The van der Waals surface area contributed by atoms with E-state index in [1.165, 1.54) is 12.1 Å². The van der Waals surface area contributed by atoms with Gasteiger partial charge in [0, 0.05) is 6.92 Å². The standard InChI is InChI=1S/C16H14ClN3O3S/c1-11-18-19-16(23-11)15(12-7-3-2-4-8-12)20-24(21,22)14-10-6-5-9-13(14)17/h2-10,15,20H,1H3. The Bertz CT molecular complexity index is 942. The minimum absolute atomic E-state index is 0.0103. The first-order valence-corrected chi connectivity index (χ1v) is 8.95. The summed E-state index contributed by atoms with van der Waals surface area (Å²) in [6.07, 6.45) is 0. The second kappa shape index (κ2) is 6.72. The molecule has 1 heterocycles. The molecule has 1 atom stereocenters. The fraction of sp³-hybridized carbons (Fsp3) is 0.125. The van der Waals surface area contributed by atoms with Crippen molar-refractivity contribution in [3.05, 3.63) is 77.0 Å². The number of sulfonamides is 1. The molecular weight excluding hydrogens is 350 g/mol. The van der Waals surface area contributed by atoms with Gasteiger partial charge in [0.15, 0.2) is 0 Å². The van der Waals surface area contributed by atoms with Crippen molar-refractivity contribution in [2.24, 2.45) is 0 Å². The van der Waals surface area contributed by atoms with Crippen molar-refractivity contribution in [3.63, 3.8) is 0 Å². The van der Waals surface area contributed by atoms with Gasteiger partial charge < -0.3 is 4.42 Å². The van der Waals surface area contributed by atoms with Crippen LogP contribution in [-0.4, -0.2) is 18.6 Å². The van der Waals surface area contributed by atoms with Crippen molar-refractivity contribution in [1.29, 1.82) is 0 Å². The highest BCUT2D eigenvalue weighted by Crippen LogP contribution is 2.26. The molecule has 6 nitrogen and oxygen atoms in total. The van der Waals surface area contributed by atoms with Crippen molar-refractivity contribution < 1.29 is 12.8 Å². The molecule has 24 heavy (non-hydrogen) atoms. The summed E-state index contributed by atoms with van der Waals surface area (Å²) in [6.45, 7) is 1.64. The van der Waals surface area contributed by atoms with E-state index in [1.54, 1.807) is 43.3 Å². The Hall–Kier alpha value is -2.22. The van der Waals surface area contributed by atoms with Gasteiger partial charge in [-0.3, -0.25) is 0 Å². The second-order valence-corrected chi connectivity index (χ2v) is 7.14. The first-order valence-electron chi connectivity index (χ1n) is 7.09. The Labute approximate surface area is 144 Å². The summed E-state index contributed by atoms with van der Waals surface area (Å²) >= 11 is 6.02. The molecule has 1 aromatic heterocycles. The monoisotopic (exact) mass is 363 g/mol. The molecular formula is C16H14ClN3O3S. The lowest BCUT2D eigenvalue weighted by molar-refractivity contribution is 0.436. The number of hydrogen-bond donors (Lipinski definition) is 1. The predicted molar refractivity (Wildman–Crippen MR) is 89.1 cm³/mol. The van der Waals surface area contributed by atoms with E-state index in [9.17, 15) is 8.42 Å². The lowest BCUT2D eigenvalue weighted by Gasteiger charge is -2.16. The van der Waals surface area contributed by atoms with Gasteiger partial charge in [-0.15, -0.1) is 10.2 Å². The van der Waals surface area contributed by atoms with E-state index in [4.69, 9.17) is 16.0 Å². The molecule has 0 amide bonds. The Morgan fingerprint density at radius 3 is 2.33 bits per heavy atom. The van der Waals surface area contributed by atoms with E-state index in [2.05, 4.69) is 14.9 Å². The summed E-state index contributed by atoms with van der Waals surface area (Å²) in [6, 6.07) is 14.4. The second-order valence-electron chi connectivity index (χ2n) is 5.05. The minimum Gasteiger partial charge on any atom is -0.423 e. The molecule has 0 aliphatic heterocycles. The number of rotatable bonds is 5. The number of halogens is 1. The van der Waals surface area contributed by atoms with Gasteiger partial charge in [-0.1, -0.05) is 54.1 Å². The molecule has 2 aromatic carbocycles. The van der Waals surface area contributed by atoms with Crippen LogP contribution in [0.5, 0.6) is 0 Å². The SMILES string of the molecule is Cc1nnc(C(NS(=O)(=O)c2ccccc2Cl)c2ccccc2)o1. The molecule has 3 rings (SSSR count). The van der Waals surface area contributed by atoms with Crippen LogP contribution in [0.1, 0.15) is 23.4 Å². The molecule has 8 heteroatoms. The molecule has 0 aliphatic rings. The van der Waals surface area contributed by atoms with Crippen LogP contribution in [-0.2, 0) is 10.0 Å². The highest BCUT2D eigenvalue weighted by Gasteiger charge is 2.28. The zero-order chi connectivity index (χ0) is 17.2. The summed E-state index contributed by atoms with van der Waals surface area (Å²) in [7, 11) is -3.89. The molecule has 0 fully saturated rings. The lowest BCUT2D eigenvalue weighted by Crippen LogP contribution is -2.30. The third kappa shape index (κ3) is 3.48. The highest BCUT2D eigenvalue weighted by atomic mass is 35.5. The van der Waals surface area contributed by atoms with Gasteiger partial charge >= 0.3 is 0 Å². The average Bonchev–Trinajstić information content (AvgIpc) is 3.00. The van der Waals surface area contributed by atoms with Crippen LogP contribution >= 0.6 is 11.6 Å².